The Labute approximate surface area is 171 Å². The third-order valence-electron chi connectivity index (χ3n) is 4.54. The van der Waals surface area contributed by atoms with Crippen molar-refractivity contribution >= 4 is 23.1 Å². The van der Waals surface area contributed by atoms with Crippen LogP contribution in [0.5, 0.6) is 11.6 Å². The highest BCUT2D eigenvalue weighted by molar-refractivity contribution is 5.76. The summed E-state index contributed by atoms with van der Waals surface area (Å²) in [6, 6.07) is 9.23. The Morgan fingerprint density at radius 3 is 2.67 bits per heavy atom. The van der Waals surface area contributed by atoms with Gasteiger partial charge in [-0.2, -0.15) is 4.98 Å². The van der Waals surface area contributed by atoms with E-state index in [0.717, 1.165) is 0 Å². The number of aromatic nitrogens is 4. The zero-order valence-corrected chi connectivity index (χ0v) is 16.4. The normalized spacial score (nSPS) is 20.8. The van der Waals surface area contributed by atoms with E-state index >= 15 is 0 Å². The lowest BCUT2D eigenvalue weighted by Crippen LogP contribution is -2.31. The first-order chi connectivity index (χ1) is 14.5. The van der Waals surface area contributed by atoms with Crippen LogP contribution in [-0.4, -0.2) is 50.3 Å². The zero-order valence-electron chi connectivity index (χ0n) is 16.4. The minimum atomic E-state index is -0.595. The van der Waals surface area contributed by atoms with E-state index in [-0.39, 0.29) is 6.61 Å². The zero-order chi connectivity index (χ0) is 21.1. The molecule has 1 aliphatic rings. The van der Waals surface area contributed by atoms with E-state index in [4.69, 9.17) is 18.9 Å². The Bertz CT molecular complexity index is 1050. The van der Waals surface area contributed by atoms with E-state index in [0.29, 0.717) is 29.2 Å². The summed E-state index contributed by atoms with van der Waals surface area (Å²) in [5.74, 6) is 0.0667. The average Bonchev–Trinajstić information content (AvgIpc) is 3.31. The second kappa shape index (κ2) is 8.46. The number of esters is 2. The number of carbonyl (C=O) groups is 2. The van der Waals surface area contributed by atoms with Crippen molar-refractivity contribution in [1.29, 1.82) is 0 Å². The van der Waals surface area contributed by atoms with Crippen molar-refractivity contribution in [3.05, 3.63) is 43.0 Å². The molecule has 3 atom stereocenters. The number of carbonyl (C=O) groups excluding carboxylic acids is 2. The summed E-state index contributed by atoms with van der Waals surface area (Å²) in [4.78, 5) is 35.5. The maximum absolute atomic E-state index is 11.5. The molecule has 0 aliphatic carbocycles. The molecule has 0 radical (unpaired) electrons. The molecule has 30 heavy (non-hydrogen) atoms. The first-order valence-electron chi connectivity index (χ1n) is 9.37. The van der Waals surface area contributed by atoms with Gasteiger partial charge in [0.05, 0.1) is 6.33 Å². The van der Waals surface area contributed by atoms with Crippen LogP contribution < -0.4 is 4.74 Å². The van der Waals surface area contributed by atoms with Gasteiger partial charge in [0.1, 0.15) is 37.1 Å². The van der Waals surface area contributed by atoms with Crippen molar-refractivity contribution in [2.24, 2.45) is 0 Å². The molecule has 1 aromatic carbocycles. The number of imidazole rings is 1. The molecule has 10 heteroatoms. The van der Waals surface area contributed by atoms with Gasteiger partial charge in [0, 0.05) is 20.3 Å². The Morgan fingerprint density at radius 2 is 1.93 bits per heavy atom. The van der Waals surface area contributed by atoms with Gasteiger partial charge in [-0.1, -0.05) is 18.2 Å². The van der Waals surface area contributed by atoms with Crippen LogP contribution in [0.4, 0.5) is 0 Å². The smallest absolute Gasteiger partial charge is 0.303 e. The second-order valence-electron chi connectivity index (χ2n) is 6.73. The molecule has 0 N–H and O–H groups in total. The third-order valence-corrected chi connectivity index (χ3v) is 4.54. The van der Waals surface area contributed by atoms with E-state index in [2.05, 4.69) is 15.0 Å². The quantitative estimate of drug-likeness (QED) is 0.563. The van der Waals surface area contributed by atoms with Crippen LogP contribution in [-0.2, 0) is 23.8 Å². The minimum absolute atomic E-state index is 0.0201. The summed E-state index contributed by atoms with van der Waals surface area (Å²) < 4.78 is 24.0. The molecule has 2 aromatic heterocycles. The molecular weight excluding hydrogens is 392 g/mol. The molecule has 4 rings (SSSR count). The molecule has 1 saturated heterocycles. The third kappa shape index (κ3) is 4.23. The Kier molecular flexibility index (Phi) is 5.57. The van der Waals surface area contributed by atoms with Crippen molar-refractivity contribution in [1.82, 2.24) is 19.5 Å². The molecule has 3 heterocycles. The summed E-state index contributed by atoms with van der Waals surface area (Å²) >= 11 is 0. The van der Waals surface area contributed by atoms with E-state index in [9.17, 15) is 9.59 Å². The highest BCUT2D eigenvalue weighted by Gasteiger charge is 2.40. The predicted molar refractivity (Wildman–Crippen MR) is 103 cm³/mol. The van der Waals surface area contributed by atoms with Crippen molar-refractivity contribution in [3.63, 3.8) is 0 Å². The lowest BCUT2D eigenvalue weighted by molar-refractivity contribution is -0.155. The van der Waals surface area contributed by atoms with Gasteiger partial charge in [-0.15, -0.1) is 0 Å². The molecule has 3 unspecified atom stereocenters. The lowest BCUT2D eigenvalue weighted by Gasteiger charge is -2.17. The van der Waals surface area contributed by atoms with Gasteiger partial charge in [-0.25, -0.2) is 9.97 Å². The van der Waals surface area contributed by atoms with Crippen molar-refractivity contribution in [3.8, 4) is 11.6 Å². The number of benzene rings is 1. The molecule has 0 spiro atoms. The van der Waals surface area contributed by atoms with Gasteiger partial charge in [-0.3, -0.25) is 14.2 Å². The topological polar surface area (TPSA) is 115 Å². The Hall–Kier alpha value is -3.53. The average molecular weight is 412 g/mol. The van der Waals surface area contributed by atoms with Gasteiger partial charge in [-0.05, 0) is 12.1 Å². The number of ether oxygens (including phenoxy) is 4. The summed E-state index contributed by atoms with van der Waals surface area (Å²) in [7, 11) is 0. The molecule has 1 aliphatic heterocycles. The van der Waals surface area contributed by atoms with Gasteiger partial charge in [0.15, 0.2) is 11.2 Å². The van der Waals surface area contributed by atoms with Gasteiger partial charge < -0.3 is 18.9 Å². The Morgan fingerprint density at radius 1 is 1.13 bits per heavy atom. The van der Waals surface area contributed by atoms with Crippen molar-refractivity contribution in [2.45, 2.75) is 38.7 Å². The van der Waals surface area contributed by atoms with Gasteiger partial charge in [0.25, 0.3) is 5.88 Å². The van der Waals surface area contributed by atoms with Crippen molar-refractivity contribution < 1.29 is 28.5 Å². The van der Waals surface area contributed by atoms with Crippen LogP contribution in [0.3, 0.4) is 0 Å². The molecule has 10 nitrogen and oxygen atoms in total. The predicted octanol–water partition coefficient (Wildman–Crippen LogP) is 2.40. The second-order valence-corrected chi connectivity index (χ2v) is 6.73. The fourth-order valence-electron chi connectivity index (χ4n) is 3.27. The van der Waals surface area contributed by atoms with E-state index in [1.54, 1.807) is 10.9 Å². The summed E-state index contributed by atoms with van der Waals surface area (Å²) in [6.07, 6.45) is 1.64. The minimum Gasteiger partial charge on any atom is -0.463 e. The number of rotatable bonds is 6. The largest absolute Gasteiger partial charge is 0.463 e. The molecule has 0 saturated carbocycles. The fraction of sp³-hybridized carbons (Fsp3) is 0.350. The number of fused-ring (bicyclic) bond motifs is 1. The molecule has 0 bridgehead atoms. The maximum atomic E-state index is 11.5. The molecule has 0 amide bonds. The van der Waals surface area contributed by atoms with E-state index < -0.39 is 30.4 Å². The van der Waals surface area contributed by atoms with Crippen LogP contribution in [0.15, 0.2) is 43.0 Å². The van der Waals surface area contributed by atoms with Crippen LogP contribution in [0, 0.1) is 0 Å². The molecule has 3 aromatic rings. The Balaban J connectivity index is 1.59. The van der Waals surface area contributed by atoms with Crippen LogP contribution in [0.1, 0.15) is 26.5 Å². The van der Waals surface area contributed by atoms with Crippen molar-refractivity contribution in [2.75, 3.05) is 6.61 Å². The molecule has 1 fully saturated rings. The fourth-order valence-corrected chi connectivity index (χ4v) is 3.27. The monoisotopic (exact) mass is 412 g/mol. The van der Waals surface area contributed by atoms with Gasteiger partial charge >= 0.3 is 11.9 Å². The lowest BCUT2D eigenvalue weighted by atomic mass is 10.2. The first-order valence-corrected chi connectivity index (χ1v) is 9.37. The first kappa shape index (κ1) is 19.8. The summed E-state index contributed by atoms with van der Waals surface area (Å²) in [5.41, 5.74) is 0.980. The number of hydrogen-bond acceptors (Lipinski definition) is 9. The number of para-hydroxylation sites is 1. The van der Waals surface area contributed by atoms with Gasteiger partial charge in [0.2, 0.25) is 0 Å². The summed E-state index contributed by atoms with van der Waals surface area (Å²) in [6.45, 7) is 2.61. The van der Waals surface area contributed by atoms with Crippen LogP contribution in [0.25, 0.3) is 11.2 Å². The summed E-state index contributed by atoms with van der Waals surface area (Å²) in [5, 5.41) is 0. The van der Waals surface area contributed by atoms with Crippen LogP contribution >= 0.6 is 0 Å². The maximum Gasteiger partial charge on any atom is 0.303 e. The highest BCUT2D eigenvalue weighted by Crippen LogP contribution is 2.34. The standard InChI is InChI=1S/C20H20N4O6/c1-12(25)27-9-16-15(28-13(2)26)8-17(30-16)24-11-23-18-19(24)21-10-22-20(18)29-14-6-4-3-5-7-14/h3-7,10-11,15-17H,8-9H2,1-2H3. The van der Waals surface area contributed by atoms with E-state index in [1.807, 2.05) is 30.3 Å². The molecule has 156 valence electrons. The SMILES string of the molecule is CC(=O)OCC1OC(n2cnc3c(Oc4ccccc4)ncnc32)CC1OC(C)=O. The van der Waals surface area contributed by atoms with E-state index in [1.165, 1.54) is 20.2 Å². The van der Waals surface area contributed by atoms with Crippen LogP contribution in [0.2, 0.25) is 0 Å². The number of hydrogen-bond donors (Lipinski definition) is 0. The molecular formula is C20H20N4O6. The number of nitrogens with zero attached hydrogens (tertiary/aromatic N) is 4. The highest BCUT2D eigenvalue weighted by atomic mass is 16.6.